The van der Waals surface area contributed by atoms with E-state index < -0.39 is 29.8 Å². The molecule has 2 aliphatic rings. The molecule has 2 fully saturated rings. The lowest BCUT2D eigenvalue weighted by Gasteiger charge is -2.35. The number of alkyl halides is 1. The van der Waals surface area contributed by atoms with Gasteiger partial charge >= 0.3 is 6.09 Å². The number of methoxy groups -OCH3 is 1. The van der Waals surface area contributed by atoms with Gasteiger partial charge in [-0.1, -0.05) is 0 Å². The number of hydrogen-bond donors (Lipinski definition) is 1. The molecule has 41 heavy (non-hydrogen) atoms. The van der Waals surface area contributed by atoms with Crippen molar-refractivity contribution >= 4 is 23.7 Å². The summed E-state index contributed by atoms with van der Waals surface area (Å²) in [5, 5.41) is 2.67. The van der Waals surface area contributed by atoms with Crippen LogP contribution >= 0.6 is 0 Å². The molecule has 2 saturated heterocycles. The number of carbonyl (C=O) groups excluding carboxylic acids is 4. The van der Waals surface area contributed by atoms with Gasteiger partial charge in [0.15, 0.2) is 5.78 Å². The average Bonchev–Trinajstić information content (AvgIpc) is 2.96. The molecular weight excluding hydrogens is 531 g/mol. The van der Waals surface area contributed by atoms with Gasteiger partial charge in [0.2, 0.25) is 0 Å². The van der Waals surface area contributed by atoms with Gasteiger partial charge in [0.05, 0.1) is 25.3 Å². The number of piperidine rings is 2. The quantitative estimate of drug-likeness (QED) is 0.525. The van der Waals surface area contributed by atoms with Crippen molar-refractivity contribution in [1.82, 2.24) is 20.1 Å². The summed E-state index contributed by atoms with van der Waals surface area (Å²) in [5.74, 6) is -0.204. The van der Waals surface area contributed by atoms with Crippen molar-refractivity contribution in [2.45, 2.75) is 57.8 Å². The van der Waals surface area contributed by atoms with E-state index in [1.165, 1.54) is 23.2 Å². The van der Waals surface area contributed by atoms with Crippen molar-refractivity contribution in [2.75, 3.05) is 33.3 Å². The summed E-state index contributed by atoms with van der Waals surface area (Å²) in [7, 11) is 1.57. The Morgan fingerprint density at radius 1 is 0.927 bits per heavy atom. The summed E-state index contributed by atoms with van der Waals surface area (Å²) in [6, 6.07) is 9.22. The summed E-state index contributed by atoms with van der Waals surface area (Å²) in [6.07, 6.45) is 0.609. The van der Waals surface area contributed by atoms with Crippen LogP contribution in [0.1, 0.15) is 71.2 Å². The van der Waals surface area contributed by atoms with Gasteiger partial charge in [-0.2, -0.15) is 0 Å². The van der Waals surface area contributed by atoms with Gasteiger partial charge < -0.3 is 24.6 Å². The smallest absolute Gasteiger partial charge is 0.410 e. The third-order valence-electron chi connectivity index (χ3n) is 7.28. The van der Waals surface area contributed by atoms with Crippen LogP contribution in [0.25, 0.3) is 0 Å². The van der Waals surface area contributed by atoms with Crippen molar-refractivity contribution in [1.29, 1.82) is 0 Å². The van der Waals surface area contributed by atoms with Gasteiger partial charge in [-0.05, 0) is 76.4 Å². The molecule has 1 N–H and O–H groups in total. The van der Waals surface area contributed by atoms with Gasteiger partial charge in [-0.25, -0.2) is 9.18 Å². The van der Waals surface area contributed by atoms with Crippen LogP contribution in [0.4, 0.5) is 9.18 Å². The first-order valence-corrected chi connectivity index (χ1v) is 13.8. The van der Waals surface area contributed by atoms with Crippen LogP contribution < -0.4 is 10.1 Å². The minimum atomic E-state index is -1.45. The van der Waals surface area contributed by atoms with Crippen LogP contribution in [-0.2, 0) is 4.74 Å². The van der Waals surface area contributed by atoms with Gasteiger partial charge in [0.25, 0.3) is 11.8 Å². The maximum Gasteiger partial charge on any atom is 0.410 e. The first-order valence-electron chi connectivity index (χ1n) is 13.8. The van der Waals surface area contributed by atoms with Crippen LogP contribution in [0.5, 0.6) is 5.75 Å². The van der Waals surface area contributed by atoms with E-state index in [2.05, 4.69) is 10.3 Å². The van der Waals surface area contributed by atoms with Crippen molar-refractivity contribution in [3.63, 3.8) is 0 Å². The van der Waals surface area contributed by atoms with E-state index in [4.69, 9.17) is 9.47 Å². The minimum absolute atomic E-state index is 0.0549. The lowest BCUT2D eigenvalue weighted by molar-refractivity contribution is 0.00970. The summed E-state index contributed by atoms with van der Waals surface area (Å²) in [6.45, 7) is 6.17. The zero-order valence-corrected chi connectivity index (χ0v) is 23.9. The highest BCUT2D eigenvalue weighted by Crippen LogP contribution is 2.24. The van der Waals surface area contributed by atoms with Crippen LogP contribution in [0.3, 0.4) is 0 Å². The number of nitrogens with one attached hydrogen (secondary N) is 1. The van der Waals surface area contributed by atoms with E-state index >= 15 is 0 Å². The topological polar surface area (TPSA) is 118 Å². The number of ether oxygens (including phenoxy) is 2. The Kier molecular flexibility index (Phi) is 9.25. The number of hydrogen-bond acceptors (Lipinski definition) is 7. The first kappa shape index (κ1) is 30.0. The Balaban J connectivity index is 1.26. The lowest BCUT2D eigenvalue weighted by Crippen LogP contribution is -2.54. The molecule has 0 saturated carbocycles. The summed E-state index contributed by atoms with van der Waals surface area (Å²) < 4.78 is 25.2. The van der Waals surface area contributed by atoms with Crippen LogP contribution in [-0.4, -0.2) is 89.6 Å². The fraction of sp³-hybridized carbons (Fsp3) is 0.500. The van der Waals surface area contributed by atoms with Crippen molar-refractivity contribution in [3.05, 3.63) is 59.4 Å². The predicted octanol–water partition coefficient (Wildman–Crippen LogP) is 3.90. The largest absolute Gasteiger partial charge is 0.497 e. The Bertz CT molecular complexity index is 1250. The number of ketones is 1. The van der Waals surface area contributed by atoms with E-state index in [1.807, 2.05) is 0 Å². The molecule has 1 aromatic heterocycles. The van der Waals surface area contributed by atoms with Gasteiger partial charge in [0, 0.05) is 37.3 Å². The molecule has 0 radical (unpaired) electrons. The minimum Gasteiger partial charge on any atom is -0.497 e. The number of pyridine rings is 1. The molecule has 2 aliphatic heterocycles. The molecule has 0 bridgehead atoms. The molecular formula is C30H37FN4O6. The second-order valence-electron chi connectivity index (χ2n) is 11.4. The Labute approximate surface area is 239 Å². The number of rotatable bonds is 6. The highest BCUT2D eigenvalue weighted by molar-refractivity contribution is 5.99. The molecule has 1 aromatic carbocycles. The Morgan fingerprint density at radius 2 is 1.56 bits per heavy atom. The third-order valence-corrected chi connectivity index (χ3v) is 7.28. The van der Waals surface area contributed by atoms with Crippen molar-refractivity contribution < 1.29 is 33.0 Å². The molecule has 10 nitrogen and oxygen atoms in total. The standard InChI is InChI=1S/C30H37FN4O6/c1-30(2,3)41-29(39)35-16-13-24(23(31)18-35)33-27(37)21-7-10-25(32-17-21)28(38)34-14-11-20(12-15-34)26(36)19-5-8-22(40-4)9-6-19/h5-10,17,20,23-24H,11-16,18H2,1-4H3,(H,33,37)/t23-,24?/m1/s1. The Hall–Kier alpha value is -4.02. The zero-order valence-electron chi connectivity index (χ0n) is 23.9. The van der Waals surface area contributed by atoms with Crippen LogP contribution in [0.2, 0.25) is 0 Å². The zero-order chi connectivity index (χ0) is 29.7. The van der Waals surface area contributed by atoms with Crippen LogP contribution in [0.15, 0.2) is 42.6 Å². The maximum atomic E-state index is 14.8. The predicted molar refractivity (Wildman–Crippen MR) is 149 cm³/mol. The van der Waals surface area contributed by atoms with Crippen molar-refractivity contribution in [2.24, 2.45) is 5.92 Å². The maximum absolute atomic E-state index is 14.8. The fourth-order valence-corrected chi connectivity index (χ4v) is 4.96. The number of carbonyl (C=O) groups is 4. The second kappa shape index (κ2) is 12.7. The summed E-state index contributed by atoms with van der Waals surface area (Å²) in [5.41, 5.74) is 0.336. The number of nitrogens with zero attached hydrogens (tertiary/aromatic N) is 3. The third kappa shape index (κ3) is 7.59. The summed E-state index contributed by atoms with van der Waals surface area (Å²) >= 11 is 0. The molecule has 1 unspecified atom stereocenters. The van der Waals surface area contributed by atoms with E-state index in [1.54, 1.807) is 57.0 Å². The van der Waals surface area contributed by atoms with Crippen LogP contribution in [0, 0.1) is 5.92 Å². The number of Topliss-reactive ketones (excluding diaryl/α,β-unsaturated/α-hetero) is 1. The first-order chi connectivity index (χ1) is 19.4. The average molecular weight is 569 g/mol. The number of amides is 3. The molecule has 11 heteroatoms. The normalized spacial score (nSPS) is 19.8. The molecule has 220 valence electrons. The Morgan fingerprint density at radius 3 is 2.12 bits per heavy atom. The molecule has 3 heterocycles. The molecule has 0 aliphatic carbocycles. The highest BCUT2D eigenvalue weighted by Gasteiger charge is 2.35. The fourth-order valence-electron chi connectivity index (χ4n) is 4.96. The molecule has 2 aromatic rings. The molecule has 4 rings (SSSR count). The number of halogens is 1. The highest BCUT2D eigenvalue weighted by atomic mass is 19.1. The number of benzene rings is 1. The second-order valence-corrected chi connectivity index (χ2v) is 11.4. The van der Waals surface area contributed by atoms with Crippen molar-refractivity contribution in [3.8, 4) is 5.75 Å². The number of likely N-dealkylation sites (tertiary alicyclic amines) is 2. The molecule has 3 amide bonds. The monoisotopic (exact) mass is 568 g/mol. The summed E-state index contributed by atoms with van der Waals surface area (Å²) in [4.78, 5) is 58.0. The van der Waals surface area contributed by atoms with E-state index in [0.29, 0.717) is 37.2 Å². The van der Waals surface area contributed by atoms with E-state index in [9.17, 15) is 23.6 Å². The van der Waals surface area contributed by atoms with E-state index in [-0.39, 0.29) is 48.4 Å². The van der Waals surface area contributed by atoms with E-state index in [0.717, 1.165) is 0 Å². The number of aromatic nitrogens is 1. The molecule has 2 atom stereocenters. The lowest BCUT2D eigenvalue weighted by atomic mass is 9.88. The SMILES string of the molecule is COc1ccc(C(=O)C2CCN(C(=O)c3ccc(C(=O)NC4CCN(C(=O)OC(C)(C)C)C[C@H]4F)cn3)CC2)cc1. The van der Waals surface area contributed by atoms with Gasteiger partial charge in [-0.15, -0.1) is 0 Å². The van der Waals surface area contributed by atoms with Gasteiger partial charge in [0.1, 0.15) is 23.2 Å². The van der Waals surface area contributed by atoms with Gasteiger partial charge in [-0.3, -0.25) is 19.4 Å². The molecule has 0 spiro atoms.